The minimum absolute atomic E-state index is 0.158. The highest BCUT2D eigenvalue weighted by atomic mass is 16.2. The van der Waals surface area contributed by atoms with Crippen molar-refractivity contribution in [2.24, 2.45) is 0 Å². The maximum atomic E-state index is 12.6. The summed E-state index contributed by atoms with van der Waals surface area (Å²) >= 11 is 0. The number of nitrogens with zero attached hydrogens (tertiary/aromatic N) is 5. The molecule has 1 aromatic carbocycles. The molecule has 0 N–H and O–H groups in total. The molecule has 128 valence electrons. The Bertz CT molecular complexity index is 569. The van der Waals surface area contributed by atoms with Gasteiger partial charge in [0.05, 0.1) is 12.6 Å². The molecule has 1 aromatic rings. The second-order valence-corrected chi connectivity index (χ2v) is 6.45. The standard InChI is InChI=1S/C18H25N5O/c19-6-7-20-8-12-22(13-9-20)18(24)23-14-10-21(11-15-23)16-17-4-2-1-3-5-17/h1-5H,7-16H2. The van der Waals surface area contributed by atoms with Gasteiger partial charge in [0.15, 0.2) is 0 Å². The molecule has 0 saturated carbocycles. The molecule has 6 heteroatoms. The van der Waals surface area contributed by atoms with E-state index < -0.39 is 0 Å². The van der Waals surface area contributed by atoms with Gasteiger partial charge in [0, 0.05) is 58.9 Å². The molecule has 2 aliphatic heterocycles. The molecular weight excluding hydrogens is 302 g/mol. The largest absolute Gasteiger partial charge is 0.322 e. The van der Waals surface area contributed by atoms with E-state index in [2.05, 4.69) is 40.1 Å². The van der Waals surface area contributed by atoms with Crippen molar-refractivity contribution in [2.75, 3.05) is 58.9 Å². The summed E-state index contributed by atoms with van der Waals surface area (Å²) in [6, 6.07) is 12.8. The van der Waals surface area contributed by atoms with Gasteiger partial charge in [-0.25, -0.2) is 4.79 Å². The first-order valence-corrected chi connectivity index (χ1v) is 8.66. The summed E-state index contributed by atoms with van der Waals surface area (Å²) in [5, 5.41) is 8.74. The fourth-order valence-corrected chi connectivity index (χ4v) is 3.34. The van der Waals surface area contributed by atoms with Gasteiger partial charge in [-0.2, -0.15) is 5.26 Å². The Balaban J connectivity index is 1.43. The average molecular weight is 327 g/mol. The molecule has 0 spiro atoms. The van der Waals surface area contributed by atoms with Crippen molar-refractivity contribution in [3.05, 3.63) is 35.9 Å². The molecule has 0 unspecified atom stereocenters. The summed E-state index contributed by atoms with van der Waals surface area (Å²) < 4.78 is 0. The molecular formula is C18H25N5O. The van der Waals surface area contributed by atoms with Gasteiger partial charge >= 0.3 is 6.03 Å². The van der Waals surface area contributed by atoms with Gasteiger partial charge in [-0.05, 0) is 5.56 Å². The fourth-order valence-electron chi connectivity index (χ4n) is 3.34. The Labute approximate surface area is 143 Å². The van der Waals surface area contributed by atoms with Crippen LogP contribution >= 0.6 is 0 Å². The number of hydrogen-bond donors (Lipinski definition) is 0. The molecule has 0 atom stereocenters. The first kappa shape index (κ1) is 16.7. The van der Waals surface area contributed by atoms with E-state index in [9.17, 15) is 4.79 Å². The van der Waals surface area contributed by atoms with Crippen LogP contribution in [0.4, 0.5) is 4.79 Å². The van der Waals surface area contributed by atoms with Crippen molar-refractivity contribution in [3.8, 4) is 6.07 Å². The lowest BCUT2D eigenvalue weighted by Crippen LogP contribution is -2.56. The van der Waals surface area contributed by atoms with Crippen molar-refractivity contribution in [1.29, 1.82) is 5.26 Å². The molecule has 0 radical (unpaired) electrons. The molecule has 0 bridgehead atoms. The van der Waals surface area contributed by atoms with Crippen molar-refractivity contribution >= 4 is 6.03 Å². The molecule has 2 amide bonds. The fraction of sp³-hybridized carbons (Fsp3) is 0.556. The molecule has 0 aliphatic carbocycles. The molecule has 0 aromatic heterocycles. The topological polar surface area (TPSA) is 53.8 Å². The second-order valence-electron chi connectivity index (χ2n) is 6.45. The highest BCUT2D eigenvalue weighted by molar-refractivity contribution is 5.74. The molecule has 2 fully saturated rings. The average Bonchev–Trinajstić information content (AvgIpc) is 2.64. The van der Waals surface area contributed by atoms with E-state index in [0.29, 0.717) is 6.54 Å². The Morgan fingerprint density at radius 3 is 1.96 bits per heavy atom. The van der Waals surface area contributed by atoms with Crippen LogP contribution in [0.25, 0.3) is 0 Å². The van der Waals surface area contributed by atoms with Crippen LogP contribution in [0.3, 0.4) is 0 Å². The summed E-state index contributed by atoms with van der Waals surface area (Å²) in [5.41, 5.74) is 1.32. The van der Waals surface area contributed by atoms with E-state index in [4.69, 9.17) is 5.26 Å². The second kappa shape index (κ2) is 8.13. The Morgan fingerprint density at radius 2 is 1.42 bits per heavy atom. The lowest BCUT2D eigenvalue weighted by Gasteiger charge is -2.40. The summed E-state index contributed by atoms with van der Waals surface area (Å²) in [6.45, 7) is 7.91. The smallest absolute Gasteiger partial charge is 0.320 e. The zero-order valence-corrected chi connectivity index (χ0v) is 14.1. The van der Waals surface area contributed by atoms with Crippen LogP contribution in [0.15, 0.2) is 30.3 Å². The maximum absolute atomic E-state index is 12.6. The van der Waals surface area contributed by atoms with E-state index in [-0.39, 0.29) is 6.03 Å². The van der Waals surface area contributed by atoms with Crippen LogP contribution in [0.5, 0.6) is 0 Å². The van der Waals surface area contributed by atoms with E-state index in [1.807, 2.05) is 15.9 Å². The first-order valence-electron chi connectivity index (χ1n) is 8.66. The molecule has 3 rings (SSSR count). The Kier molecular flexibility index (Phi) is 5.68. The van der Waals surface area contributed by atoms with Gasteiger partial charge < -0.3 is 9.80 Å². The van der Waals surface area contributed by atoms with E-state index in [0.717, 1.165) is 58.9 Å². The lowest BCUT2D eigenvalue weighted by molar-refractivity contribution is 0.0914. The van der Waals surface area contributed by atoms with E-state index >= 15 is 0 Å². The van der Waals surface area contributed by atoms with E-state index in [1.54, 1.807) is 0 Å². The number of hydrogen-bond acceptors (Lipinski definition) is 4. The van der Waals surface area contributed by atoms with Crippen LogP contribution in [-0.2, 0) is 6.54 Å². The number of nitriles is 1. The molecule has 6 nitrogen and oxygen atoms in total. The minimum atomic E-state index is 0.158. The van der Waals surface area contributed by atoms with Gasteiger partial charge in [-0.1, -0.05) is 30.3 Å². The maximum Gasteiger partial charge on any atom is 0.320 e. The number of carbonyl (C=O) groups excluding carboxylic acids is 1. The van der Waals surface area contributed by atoms with Gasteiger partial charge in [-0.15, -0.1) is 0 Å². The highest BCUT2D eigenvalue weighted by Gasteiger charge is 2.27. The van der Waals surface area contributed by atoms with Crippen LogP contribution in [0.1, 0.15) is 5.56 Å². The monoisotopic (exact) mass is 327 g/mol. The van der Waals surface area contributed by atoms with Crippen LogP contribution in [0.2, 0.25) is 0 Å². The number of carbonyl (C=O) groups is 1. The number of rotatable bonds is 3. The van der Waals surface area contributed by atoms with Gasteiger partial charge in [0.2, 0.25) is 0 Å². The summed E-state index contributed by atoms with van der Waals surface area (Å²) in [4.78, 5) is 21.0. The van der Waals surface area contributed by atoms with Crippen molar-refractivity contribution in [3.63, 3.8) is 0 Å². The predicted octanol–water partition coefficient (Wildman–Crippen LogP) is 1.07. The van der Waals surface area contributed by atoms with Gasteiger partial charge in [0.25, 0.3) is 0 Å². The number of piperazine rings is 2. The third kappa shape index (κ3) is 4.25. The summed E-state index contributed by atoms with van der Waals surface area (Å²) in [7, 11) is 0. The Morgan fingerprint density at radius 1 is 0.875 bits per heavy atom. The third-order valence-electron chi connectivity index (χ3n) is 4.83. The molecule has 2 aliphatic rings. The highest BCUT2D eigenvalue weighted by Crippen LogP contribution is 2.11. The zero-order valence-electron chi connectivity index (χ0n) is 14.1. The van der Waals surface area contributed by atoms with Crippen LogP contribution < -0.4 is 0 Å². The number of amides is 2. The predicted molar refractivity (Wildman–Crippen MR) is 92.3 cm³/mol. The van der Waals surface area contributed by atoms with Crippen molar-refractivity contribution < 1.29 is 4.79 Å². The van der Waals surface area contributed by atoms with Crippen molar-refractivity contribution in [1.82, 2.24) is 19.6 Å². The van der Waals surface area contributed by atoms with E-state index in [1.165, 1.54) is 5.56 Å². The molecule has 2 saturated heterocycles. The number of urea groups is 1. The molecule has 24 heavy (non-hydrogen) atoms. The van der Waals surface area contributed by atoms with Crippen molar-refractivity contribution in [2.45, 2.75) is 6.54 Å². The SMILES string of the molecule is N#CCN1CCN(C(=O)N2CCN(Cc3ccccc3)CC2)CC1. The normalized spacial score (nSPS) is 20.0. The minimum Gasteiger partial charge on any atom is -0.322 e. The van der Waals surface area contributed by atoms with Crippen LogP contribution in [0, 0.1) is 11.3 Å². The summed E-state index contributed by atoms with van der Waals surface area (Å²) in [6.07, 6.45) is 0. The third-order valence-corrected chi connectivity index (χ3v) is 4.83. The number of benzene rings is 1. The van der Waals surface area contributed by atoms with Gasteiger partial charge in [0.1, 0.15) is 0 Å². The molecule has 2 heterocycles. The lowest BCUT2D eigenvalue weighted by atomic mass is 10.2. The van der Waals surface area contributed by atoms with Crippen LogP contribution in [-0.4, -0.2) is 84.5 Å². The summed E-state index contributed by atoms with van der Waals surface area (Å²) in [5.74, 6) is 0. The zero-order chi connectivity index (χ0) is 16.8. The van der Waals surface area contributed by atoms with Gasteiger partial charge in [-0.3, -0.25) is 9.80 Å². The quantitative estimate of drug-likeness (QED) is 0.779. The Hall–Kier alpha value is -2.10. The first-order chi connectivity index (χ1) is 11.8.